The second kappa shape index (κ2) is 11.8. The summed E-state index contributed by atoms with van der Waals surface area (Å²) in [7, 11) is 3.88. The van der Waals surface area contributed by atoms with Crippen molar-refractivity contribution in [1.82, 2.24) is 14.8 Å². The molecule has 0 saturated carbocycles. The molecule has 0 spiro atoms. The van der Waals surface area contributed by atoms with Crippen molar-refractivity contribution in [3.63, 3.8) is 0 Å². The van der Waals surface area contributed by atoms with Gasteiger partial charge in [0.1, 0.15) is 12.0 Å². The maximum atomic E-state index is 6.06. The lowest BCUT2D eigenvalue weighted by molar-refractivity contribution is 0.122. The minimum absolute atomic E-state index is 0.652. The molecule has 0 unspecified atom stereocenters. The van der Waals surface area contributed by atoms with Crippen LogP contribution in [-0.4, -0.2) is 81.4 Å². The maximum Gasteiger partial charge on any atom is 0.298 e. The fraction of sp³-hybridized carbons (Fsp3) is 0.464. The number of anilines is 2. The number of methoxy groups -OCH3 is 1. The molecule has 2 aliphatic rings. The van der Waals surface area contributed by atoms with Crippen LogP contribution in [0.15, 0.2) is 59.2 Å². The molecule has 2 aromatic carbocycles. The number of likely N-dealkylation sites (N-methyl/N-ethyl adjacent to an activating group) is 1. The fourth-order valence-electron chi connectivity index (χ4n) is 4.83. The van der Waals surface area contributed by atoms with Crippen LogP contribution in [0.25, 0.3) is 0 Å². The number of piperazine rings is 1. The predicted octanol–water partition coefficient (Wildman–Crippen LogP) is 3.47. The van der Waals surface area contributed by atoms with Gasteiger partial charge in [-0.05, 0) is 42.4 Å². The molecule has 5 rings (SSSR count). The molecular weight excluding hydrogens is 454 g/mol. The molecule has 0 amide bonds. The van der Waals surface area contributed by atoms with E-state index >= 15 is 0 Å². The number of hydrogen-bond acceptors (Lipinski definition) is 8. The zero-order chi connectivity index (χ0) is 24.7. The van der Waals surface area contributed by atoms with Gasteiger partial charge in [0.25, 0.3) is 6.01 Å². The van der Waals surface area contributed by atoms with Crippen LogP contribution in [-0.2, 0) is 24.4 Å². The van der Waals surface area contributed by atoms with Gasteiger partial charge >= 0.3 is 0 Å². The van der Waals surface area contributed by atoms with E-state index in [1.54, 1.807) is 7.11 Å². The van der Waals surface area contributed by atoms with E-state index in [1.807, 2.05) is 18.4 Å². The first-order valence-electron chi connectivity index (χ1n) is 12.8. The average molecular weight is 492 g/mol. The van der Waals surface area contributed by atoms with E-state index in [0.717, 1.165) is 76.0 Å². The molecule has 3 aromatic rings. The minimum Gasteiger partial charge on any atom is -0.497 e. The van der Waals surface area contributed by atoms with Gasteiger partial charge in [-0.3, -0.25) is 4.90 Å². The van der Waals surface area contributed by atoms with Crippen molar-refractivity contribution in [3.05, 3.63) is 71.6 Å². The number of ether oxygens (including phenoxy) is 2. The van der Waals surface area contributed by atoms with Crippen LogP contribution in [0, 0.1) is 0 Å². The van der Waals surface area contributed by atoms with E-state index in [9.17, 15) is 0 Å². The lowest BCUT2D eigenvalue weighted by Gasteiger charge is -2.31. The highest BCUT2D eigenvalue weighted by Crippen LogP contribution is 2.25. The molecule has 2 aliphatic heterocycles. The Morgan fingerprint density at radius 3 is 2.39 bits per heavy atom. The molecule has 1 aromatic heterocycles. The Kier molecular flexibility index (Phi) is 8.05. The Morgan fingerprint density at radius 1 is 0.917 bits per heavy atom. The molecule has 0 atom stereocenters. The van der Waals surface area contributed by atoms with Crippen LogP contribution in [0.5, 0.6) is 5.75 Å². The molecular formula is C28H37N5O3. The van der Waals surface area contributed by atoms with Crippen molar-refractivity contribution in [2.45, 2.75) is 19.6 Å². The summed E-state index contributed by atoms with van der Waals surface area (Å²) in [5.74, 6) is 0.852. The third-order valence-electron chi connectivity index (χ3n) is 6.96. The van der Waals surface area contributed by atoms with Gasteiger partial charge in [-0.15, -0.1) is 0 Å². The third-order valence-corrected chi connectivity index (χ3v) is 6.96. The molecule has 0 radical (unpaired) electrons. The number of benzene rings is 2. The summed E-state index contributed by atoms with van der Waals surface area (Å²) in [4.78, 5) is 14.3. The fourth-order valence-corrected chi connectivity index (χ4v) is 4.83. The summed E-state index contributed by atoms with van der Waals surface area (Å²) in [6, 6.07) is 17.6. The van der Waals surface area contributed by atoms with E-state index in [2.05, 4.69) is 63.0 Å². The first-order chi connectivity index (χ1) is 17.7. The maximum absolute atomic E-state index is 6.06. The number of rotatable bonds is 9. The van der Waals surface area contributed by atoms with Crippen LogP contribution in [0.2, 0.25) is 0 Å². The molecule has 36 heavy (non-hydrogen) atoms. The van der Waals surface area contributed by atoms with Gasteiger partial charge in [-0.1, -0.05) is 24.3 Å². The van der Waals surface area contributed by atoms with Crippen LogP contribution in [0.1, 0.15) is 16.8 Å². The Hall–Kier alpha value is -3.07. The highest BCUT2D eigenvalue weighted by atomic mass is 16.5. The van der Waals surface area contributed by atoms with Crippen LogP contribution in [0.3, 0.4) is 0 Å². The zero-order valence-electron chi connectivity index (χ0n) is 21.4. The summed E-state index contributed by atoms with van der Waals surface area (Å²) < 4.78 is 17.0. The number of morpholine rings is 1. The molecule has 192 valence electrons. The quantitative estimate of drug-likeness (QED) is 0.451. The van der Waals surface area contributed by atoms with E-state index in [4.69, 9.17) is 18.9 Å². The summed E-state index contributed by atoms with van der Waals surface area (Å²) in [5.41, 5.74) is 4.59. The first kappa shape index (κ1) is 24.6. The number of hydrogen-bond donors (Lipinski definition) is 0. The van der Waals surface area contributed by atoms with Gasteiger partial charge < -0.3 is 28.6 Å². The van der Waals surface area contributed by atoms with Crippen molar-refractivity contribution in [2.75, 3.05) is 76.4 Å². The topological polar surface area (TPSA) is 57.5 Å². The smallest absolute Gasteiger partial charge is 0.298 e. The highest BCUT2D eigenvalue weighted by molar-refractivity contribution is 5.50. The minimum atomic E-state index is 0.652. The SMILES string of the molecule is COc1cccc(CN(Cc2cccc(N3CCOCC3)c2)c2nc(CN3CCN(C)CC3)co2)c1. The molecule has 3 heterocycles. The van der Waals surface area contributed by atoms with E-state index in [0.29, 0.717) is 19.1 Å². The van der Waals surface area contributed by atoms with Crippen LogP contribution >= 0.6 is 0 Å². The van der Waals surface area contributed by atoms with Gasteiger partial charge in [0, 0.05) is 64.6 Å². The summed E-state index contributed by atoms with van der Waals surface area (Å²) >= 11 is 0. The lowest BCUT2D eigenvalue weighted by atomic mass is 10.1. The van der Waals surface area contributed by atoms with Crippen molar-refractivity contribution < 1.29 is 13.9 Å². The lowest BCUT2D eigenvalue weighted by Crippen LogP contribution is -2.43. The Bertz CT molecular complexity index is 1110. The summed E-state index contributed by atoms with van der Waals surface area (Å²) in [6.45, 7) is 9.88. The second-order valence-corrected chi connectivity index (χ2v) is 9.68. The van der Waals surface area contributed by atoms with Crippen LogP contribution < -0.4 is 14.5 Å². The third kappa shape index (κ3) is 6.37. The Morgan fingerprint density at radius 2 is 1.64 bits per heavy atom. The van der Waals surface area contributed by atoms with E-state index < -0.39 is 0 Å². The zero-order valence-corrected chi connectivity index (χ0v) is 21.4. The van der Waals surface area contributed by atoms with Crippen molar-refractivity contribution in [2.24, 2.45) is 0 Å². The Balaban J connectivity index is 1.35. The van der Waals surface area contributed by atoms with E-state index in [-0.39, 0.29) is 0 Å². The predicted molar refractivity (Wildman–Crippen MR) is 142 cm³/mol. The van der Waals surface area contributed by atoms with Crippen LogP contribution in [0.4, 0.5) is 11.7 Å². The largest absolute Gasteiger partial charge is 0.497 e. The van der Waals surface area contributed by atoms with Gasteiger partial charge in [0.15, 0.2) is 0 Å². The molecule has 8 nitrogen and oxygen atoms in total. The van der Waals surface area contributed by atoms with Gasteiger partial charge in [-0.25, -0.2) is 0 Å². The number of aromatic nitrogens is 1. The van der Waals surface area contributed by atoms with E-state index in [1.165, 1.54) is 11.3 Å². The standard InChI is InChI=1S/C28H37N5O3/c1-30-9-11-31(12-10-30)21-25-22-36-28(29-25)33(20-24-6-4-8-27(18-24)34-2)19-23-5-3-7-26(17-23)32-13-15-35-16-14-32/h3-8,17-18,22H,9-16,19-21H2,1-2H3. The molecule has 0 N–H and O–H groups in total. The summed E-state index contributed by atoms with van der Waals surface area (Å²) in [6.07, 6.45) is 1.82. The second-order valence-electron chi connectivity index (χ2n) is 9.68. The van der Waals surface area contributed by atoms with Crippen molar-refractivity contribution in [3.8, 4) is 5.75 Å². The van der Waals surface area contributed by atoms with Gasteiger partial charge in [0.2, 0.25) is 0 Å². The molecule has 2 fully saturated rings. The number of oxazole rings is 1. The monoisotopic (exact) mass is 491 g/mol. The molecule has 0 bridgehead atoms. The number of nitrogens with zero attached hydrogens (tertiary/aromatic N) is 5. The normalized spacial score (nSPS) is 17.3. The van der Waals surface area contributed by atoms with Gasteiger partial charge in [-0.2, -0.15) is 4.98 Å². The van der Waals surface area contributed by atoms with Crippen molar-refractivity contribution in [1.29, 1.82) is 0 Å². The Labute approximate surface area is 214 Å². The molecule has 0 aliphatic carbocycles. The molecule has 2 saturated heterocycles. The molecule has 8 heteroatoms. The van der Waals surface area contributed by atoms with Gasteiger partial charge in [0.05, 0.1) is 26.0 Å². The summed E-state index contributed by atoms with van der Waals surface area (Å²) in [5, 5.41) is 0. The first-order valence-corrected chi connectivity index (χ1v) is 12.8. The average Bonchev–Trinajstić information content (AvgIpc) is 3.39. The highest BCUT2D eigenvalue weighted by Gasteiger charge is 2.19. The van der Waals surface area contributed by atoms with Crippen molar-refractivity contribution >= 4 is 11.7 Å².